The van der Waals surface area contributed by atoms with Crippen LogP contribution in [-0.2, 0) is 6.18 Å². The molecule has 0 spiro atoms. The van der Waals surface area contributed by atoms with E-state index in [1.54, 1.807) is 20.8 Å². The Balaban J connectivity index is 3.39. The van der Waals surface area contributed by atoms with Crippen molar-refractivity contribution in [3.05, 3.63) is 28.8 Å². The predicted octanol–water partition coefficient (Wildman–Crippen LogP) is 4.64. The van der Waals surface area contributed by atoms with Crippen LogP contribution in [0.15, 0.2) is 18.2 Å². The molecule has 1 rings (SSSR count). The molecule has 0 bridgehead atoms. The fraction of sp³-hybridized carbons (Fsp3) is 0.417. The molecule has 0 saturated heterocycles. The zero-order valence-electron chi connectivity index (χ0n) is 10.5. The SMILES string of the molecule is CC(C)(C)N(C(=O)O)c1ccc(Cl)c(C(F)(F)F)c1. The minimum absolute atomic E-state index is 0.0725. The van der Waals surface area contributed by atoms with Crippen molar-refractivity contribution in [2.24, 2.45) is 0 Å². The lowest BCUT2D eigenvalue weighted by Gasteiger charge is -2.33. The van der Waals surface area contributed by atoms with Gasteiger partial charge in [0.25, 0.3) is 0 Å². The fourth-order valence-electron chi connectivity index (χ4n) is 1.65. The van der Waals surface area contributed by atoms with Crippen molar-refractivity contribution in [1.82, 2.24) is 0 Å². The number of rotatable bonds is 1. The zero-order chi connectivity index (χ0) is 15.0. The summed E-state index contributed by atoms with van der Waals surface area (Å²) in [5.74, 6) is 0. The number of hydrogen-bond acceptors (Lipinski definition) is 1. The molecule has 1 aromatic rings. The average Bonchev–Trinajstić information content (AvgIpc) is 2.16. The van der Waals surface area contributed by atoms with Crippen LogP contribution in [-0.4, -0.2) is 16.7 Å². The number of benzene rings is 1. The first-order chi connectivity index (χ1) is 8.44. The van der Waals surface area contributed by atoms with Crippen LogP contribution >= 0.6 is 11.6 Å². The van der Waals surface area contributed by atoms with Crippen LogP contribution in [0, 0.1) is 0 Å². The van der Waals surface area contributed by atoms with Crippen molar-refractivity contribution in [3.8, 4) is 0 Å². The van der Waals surface area contributed by atoms with Gasteiger partial charge in [0.15, 0.2) is 0 Å². The number of hydrogen-bond donors (Lipinski definition) is 1. The molecule has 0 radical (unpaired) electrons. The van der Waals surface area contributed by atoms with Gasteiger partial charge in [0.2, 0.25) is 0 Å². The third-order valence-corrected chi connectivity index (χ3v) is 2.71. The monoisotopic (exact) mass is 295 g/mol. The van der Waals surface area contributed by atoms with Crippen LogP contribution in [0.25, 0.3) is 0 Å². The Morgan fingerprint density at radius 1 is 1.26 bits per heavy atom. The van der Waals surface area contributed by atoms with Gasteiger partial charge >= 0.3 is 12.3 Å². The first-order valence-electron chi connectivity index (χ1n) is 5.34. The number of amides is 1. The average molecular weight is 296 g/mol. The molecule has 1 N–H and O–H groups in total. The number of anilines is 1. The van der Waals surface area contributed by atoms with Crippen LogP contribution in [0.2, 0.25) is 5.02 Å². The topological polar surface area (TPSA) is 40.5 Å². The lowest BCUT2D eigenvalue weighted by atomic mass is 10.0. The second-order valence-corrected chi connectivity index (χ2v) is 5.36. The second-order valence-electron chi connectivity index (χ2n) is 4.95. The third kappa shape index (κ3) is 3.53. The summed E-state index contributed by atoms with van der Waals surface area (Å²) in [7, 11) is 0. The summed E-state index contributed by atoms with van der Waals surface area (Å²) in [5.41, 5.74) is -2.00. The van der Waals surface area contributed by atoms with E-state index in [4.69, 9.17) is 16.7 Å². The van der Waals surface area contributed by atoms with Gasteiger partial charge in [0.1, 0.15) is 0 Å². The summed E-state index contributed by atoms with van der Waals surface area (Å²) < 4.78 is 38.2. The molecule has 1 aromatic carbocycles. The molecule has 0 unspecified atom stereocenters. The Labute approximate surface area is 113 Å². The normalized spacial score (nSPS) is 12.4. The van der Waals surface area contributed by atoms with Gasteiger partial charge in [-0.3, -0.25) is 4.90 Å². The summed E-state index contributed by atoms with van der Waals surface area (Å²) in [6.45, 7) is 4.76. The third-order valence-electron chi connectivity index (χ3n) is 2.38. The summed E-state index contributed by atoms with van der Waals surface area (Å²) in [5, 5.41) is 8.67. The maximum absolute atomic E-state index is 12.7. The first-order valence-corrected chi connectivity index (χ1v) is 5.72. The van der Waals surface area contributed by atoms with E-state index in [2.05, 4.69) is 0 Å². The maximum Gasteiger partial charge on any atom is 0.417 e. The van der Waals surface area contributed by atoms with E-state index in [0.29, 0.717) is 0 Å². The summed E-state index contributed by atoms with van der Waals surface area (Å²) in [6.07, 6.45) is -5.96. The summed E-state index contributed by atoms with van der Waals surface area (Å²) in [4.78, 5) is 12.1. The molecule has 7 heteroatoms. The molecular weight excluding hydrogens is 283 g/mol. The minimum atomic E-state index is -4.63. The molecule has 0 heterocycles. The van der Waals surface area contributed by atoms with E-state index in [9.17, 15) is 18.0 Å². The molecule has 106 valence electrons. The van der Waals surface area contributed by atoms with E-state index < -0.39 is 28.4 Å². The molecule has 3 nitrogen and oxygen atoms in total. The Morgan fingerprint density at radius 2 is 1.79 bits per heavy atom. The Bertz CT molecular complexity index is 495. The molecule has 0 fully saturated rings. The highest BCUT2D eigenvalue weighted by Crippen LogP contribution is 2.38. The maximum atomic E-state index is 12.7. The number of halogens is 4. The van der Waals surface area contributed by atoms with Crippen LogP contribution in [0.5, 0.6) is 0 Å². The minimum Gasteiger partial charge on any atom is -0.465 e. The number of carboxylic acid groups (broad SMARTS) is 1. The van der Waals surface area contributed by atoms with E-state index in [0.717, 1.165) is 17.0 Å². The van der Waals surface area contributed by atoms with Crippen molar-refractivity contribution in [3.63, 3.8) is 0 Å². The van der Waals surface area contributed by atoms with Crippen LogP contribution in [0.1, 0.15) is 26.3 Å². The van der Waals surface area contributed by atoms with Gasteiger partial charge in [-0.2, -0.15) is 13.2 Å². The Hall–Kier alpha value is -1.43. The zero-order valence-corrected chi connectivity index (χ0v) is 11.3. The van der Waals surface area contributed by atoms with Crippen LogP contribution in [0.3, 0.4) is 0 Å². The van der Waals surface area contributed by atoms with Crippen molar-refractivity contribution in [2.75, 3.05) is 4.90 Å². The standard InChI is InChI=1S/C12H13ClF3NO2/c1-11(2,3)17(10(18)19)7-4-5-9(13)8(6-7)12(14,15)16/h4-6H,1-3H3,(H,18,19). The molecule has 0 aliphatic heterocycles. The second kappa shape index (κ2) is 4.92. The number of carbonyl (C=O) groups is 1. The van der Waals surface area contributed by atoms with Crippen LogP contribution in [0.4, 0.5) is 23.7 Å². The lowest BCUT2D eigenvalue weighted by molar-refractivity contribution is -0.137. The van der Waals surface area contributed by atoms with Crippen LogP contribution < -0.4 is 4.90 Å². The van der Waals surface area contributed by atoms with E-state index in [1.807, 2.05) is 0 Å². The summed E-state index contributed by atoms with van der Waals surface area (Å²) >= 11 is 5.49. The number of nitrogens with zero attached hydrogens (tertiary/aromatic N) is 1. The Kier molecular flexibility index (Phi) is 4.05. The lowest BCUT2D eigenvalue weighted by Crippen LogP contribution is -2.45. The molecule has 1 amide bonds. The van der Waals surface area contributed by atoms with Gasteiger partial charge in [-0.25, -0.2) is 4.79 Å². The van der Waals surface area contributed by atoms with Gasteiger partial charge in [-0.05, 0) is 39.0 Å². The molecule has 0 aliphatic carbocycles. The van der Waals surface area contributed by atoms with Gasteiger partial charge in [0, 0.05) is 11.2 Å². The first kappa shape index (κ1) is 15.6. The van der Waals surface area contributed by atoms with Crippen molar-refractivity contribution < 1.29 is 23.1 Å². The molecule has 0 saturated carbocycles. The van der Waals surface area contributed by atoms with Gasteiger partial charge in [-0.1, -0.05) is 11.6 Å². The highest BCUT2D eigenvalue weighted by molar-refractivity contribution is 6.31. The van der Waals surface area contributed by atoms with Crippen molar-refractivity contribution >= 4 is 23.4 Å². The molecule has 0 aliphatic rings. The molecule has 19 heavy (non-hydrogen) atoms. The van der Waals surface area contributed by atoms with E-state index in [-0.39, 0.29) is 5.69 Å². The highest BCUT2D eigenvalue weighted by atomic mass is 35.5. The van der Waals surface area contributed by atoms with Gasteiger partial charge in [-0.15, -0.1) is 0 Å². The van der Waals surface area contributed by atoms with Crippen molar-refractivity contribution in [2.45, 2.75) is 32.5 Å². The van der Waals surface area contributed by atoms with Gasteiger partial charge in [0.05, 0.1) is 10.6 Å². The quantitative estimate of drug-likeness (QED) is 0.820. The molecule has 0 aromatic heterocycles. The van der Waals surface area contributed by atoms with E-state index in [1.165, 1.54) is 6.07 Å². The molecular formula is C12H13ClF3NO2. The largest absolute Gasteiger partial charge is 0.465 e. The fourth-order valence-corrected chi connectivity index (χ4v) is 1.88. The van der Waals surface area contributed by atoms with Gasteiger partial charge < -0.3 is 5.11 Å². The summed E-state index contributed by atoms with van der Waals surface area (Å²) in [6, 6.07) is 3.03. The predicted molar refractivity (Wildman–Crippen MR) is 66.7 cm³/mol. The smallest absolute Gasteiger partial charge is 0.417 e. The number of alkyl halides is 3. The molecule has 0 atom stereocenters. The van der Waals surface area contributed by atoms with Crippen molar-refractivity contribution in [1.29, 1.82) is 0 Å². The highest BCUT2D eigenvalue weighted by Gasteiger charge is 2.35. The van der Waals surface area contributed by atoms with E-state index >= 15 is 0 Å². The Morgan fingerprint density at radius 3 is 2.16 bits per heavy atom.